The van der Waals surface area contributed by atoms with Gasteiger partial charge in [0.25, 0.3) is 0 Å². The lowest BCUT2D eigenvalue weighted by molar-refractivity contribution is -0.132. The molecule has 30 heavy (non-hydrogen) atoms. The number of rotatable bonds is 7. The minimum absolute atomic E-state index is 0.0118. The Bertz CT molecular complexity index is 715. The maximum Gasteiger partial charge on any atom is 0.238 e. The van der Waals surface area contributed by atoms with Crippen LogP contribution >= 0.6 is 0 Å². The zero-order valence-corrected chi connectivity index (χ0v) is 18.8. The van der Waals surface area contributed by atoms with Crippen molar-refractivity contribution in [2.24, 2.45) is 11.8 Å². The van der Waals surface area contributed by atoms with Gasteiger partial charge in [-0.15, -0.1) is 0 Å². The van der Waals surface area contributed by atoms with Crippen LogP contribution in [0.25, 0.3) is 0 Å². The normalized spacial score (nSPS) is 25.2. The van der Waals surface area contributed by atoms with Gasteiger partial charge < -0.3 is 15.5 Å². The number of carbonyl (C=O) groups excluding carboxylic acids is 2. The summed E-state index contributed by atoms with van der Waals surface area (Å²) >= 11 is 0. The van der Waals surface area contributed by atoms with Crippen LogP contribution in [-0.4, -0.2) is 66.9 Å². The Morgan fingerprint density at radius 2 is 1.80 bits per heavy atom. The van der Waals surface area contributed by atoms with E-state index in [2.05, 4.69) is 36.3 Å². The number of carbonyl (C=O) groups is 2. The van der Waals surface area contributed by atoms with Gasteiger partial charge in [0.1, 0.15) is 0 Å². The smallest absolute Gasteiger partial charge is 0.238 e. The van der Waals surface area contributed by atoms with Crippen molar-refractivity contribution in [1.82, 2.24) is 15.1 Å². The van der Waals surface area contributed by atoms with Gasteiger partial charge in [-0.05, 0) is 36.3 Å². The molecule has 1 aliphatic carbocycles. The summed E-state index contributed by atoms with van der Waals surface area (Å²) in [5, 5.41) is 6.55. The van der Waals surface area contributed by atoms with E-state index in [0.29, 0.717) is 38.1 Å². The van der Waals surface area contributed by atoms with E-state index >= 15 is 0 Å². The number of anilines is 1. The highest BCUT2D eigenvalue weighted by atomic mass is 16.2. The van der Waals surface area contributed by atoms with Crippen molar-refractivity contribution in [2.75, 3.05) is 44.6 Å². The largest absolute Gasteiger partial charge is 0.339 e. The summed E-state index contributed by atoms with van der Waals surface area (Å²) in [6, 6.07) is 8.39. The molecule has 3 atom stereocenters. The maximum absolute atomic E-state index is 12.6. The van der Waals surface area contributed by atoms with E-state index in [1.165, 1.54) is 19.3 Å². The molecule has 2 aliphatic rings. The van der Waals surface area contributed by atoms with Crippen molar-refractivity contribution in [1.29, 1.82) is 0 Å². The number of para-hydroxylation sites is 1. The van der Waals surface area contributed by atoms with Gasteiger partial charge in [0.15, 0.2) is 0 Å². The number of nitrogens with zero attached hydrogens (tertiary/aromatic N) is 2. The summed E-state index contributed by atoms with van der Waals surface area (Å²) in [5.41, 5.74) is 2.05. The summed E-state index contributed by atoms with van der Waals surface area (Å²) in [6.07, 6.45) is 4.61. The van der Waals surface area contributed by atoms with Crippen molar-refractivity contribution >= 4 is 17.5 Å². The summed E-state index contributed by atoms with van der Waals surface area (Å²) < 4.78 is 0. The molecule has 166 valence electrons. The Morgan fingerprint density at radius 1 is 1.07 bits per heavy atom. The molecule has 3 rings (SSSR count). The molecule has 6 nitrogen and oxygen atoms in total. The number of amides is 2. The topological polar surface area (TPSA) is 64.7 Å². The van der Waals surface area contributed by atoms with E-state index in [1.807, 2.05) is 29.2 Å². The molecule has 3 unspecified atom stereocenters. The van der Waals surface area contributed by atoms with E-state index < -0.39 is 0 Å². The van der Waals surface area contributed by atoms with Gasteiger partial charge in [-0.1, -0.05) is 51.8 Å². The third-order valence-electron chi connectivity index (χ3n) is 6.99. The van der Waals surface area contributed by atoms with Crippen molar-refractivity contribution in [3.05, 3.63) is 29.8 Å². The second-order valence-corrected chi connectivity index (χ2v) is 8.97. The van der Waals surface area contributed by atoms with Crippen LogP contribution in [0.5, 0.6) is 0 Å². The summed E-state index contributed by atoms with van der Waals surface area (Å²) in [4.78, 5) is 29.2. The predicted octanol–water partition coefficient (Wildman–Crippen LogP) is 2.75. The first-order chi connectivity index (χ1) is 14.5. The summed E-state index contributed by atoms with van der Waals surface area (Å²) in [6.45, 7) is 10.4. The van der Waals surface area contributed by atoms with E-state index in [1.54, 1.807) is 0 Å². The van der Waals surface area contributed by atoms with Gasteiger partial charge in [-0.3, -0.25) is 14.5 Å². The SMILES string of the molecule is CCc1ccccc1NC(=O)CN1CCN(C(=O)CNC2CCCC(C)C2C)CC1. The second-order valence-electron chi connectivity index (χ2n) is 8.97. The van der Waals surface area contributed by atoms with E-state index in [-0.39, 0.29) is 11.8 Å². The molecule has 0 spiro atoms. The fourth-order valence-electron chi connectivity index (χ4n) is 4.70. The minimum atomic E-state index is 0.0118. The van der Waals surface area contributed by atoms with Crippen LogP contribution in [0.1, 0.15) is 45.6 Å². The van der Waals surface area contributed by atoms with Crippen molar-refractivity contribution in [2.45, 2.75) is 52.5 Å². The highest BCUT2D eigenvalue weighted by molar-refractivity contribution is 5.93. The van der Waals surface area contributed by atoms with Crippen LogP contribution in [0.3, 0.4) is 0 Å². The summed E-state index contributed by atoms with van der Waals surface area (Å²) in [7, 11) is 0. The molecule has 1 aromatic carbocycles. The number of piperazine rings is 1. The third-order valence-corrected chi connectivity index (χ3v) is 6.99. The molecule has 1 aliphatic heterocycles. The third kappa shape index (κ3) is 6.05. The average molecular weight is 415 g/mol. The van der Waals surface area contributed by atoms with Crippen LogP contribution in [0.15, 0.2) is 24.3 Å². The van der Waals surface area contributed by atoms with Crippen molar-refractivity contribution in [3.63, 3.8) is 0 Å². The molecule has 0 bridgehead atoms. The maximum atomic E-state index is 12.6. The minimum Gasteiger partial charge on any atom is -0.339 e. The number of benzene rings is 1. The molecular weight excluding hydrogens is 376 g/mol. The Kier molecular flexibility index (Phi) is 8.28. The molecule has 1 aromatic rings. The molecule has 2 N–H and O–H groups in total. The molecule has 2 amide bonds. The van der Waals surface area contributed by atoms with Gasteiger partial charge >= 0.3 is 0 Å². The molecule has 0 radical (unpaired) electrons. The zero-order chi connectivity index (χ0) is 21.5. The first-order valence-electron chi connectivity index (χ1n) is 11.6. The van der Waals surface area contributed by atoms with Gasteiger partial charge in [0.05, 0.1) is 13.1 Å². The zero-order valence-electron chi connectivity index (χ0n) is 18.8. The predicted molar refractivity (Wildman–Crippen MR) is 121 cm³/mol. The molecule has 1 saturated carbocycles. The number of hydrogen-bond acceptors (Lipinski definition) is 4. The van der Waals surface area contributed by atoms with Crippen LogP contribution in [0.4, 0.5) is 5.69 Å². The first kappa shape index (κ1) is 22.8. The fraction of sp³-hybridized carbons (Fsp3) is 0.667. The number of aryl methyl sites for hydroxylation is 1. The van der Waals surface area contributed by atoms with Gasteiger partial charge in [-0.25, -0.2) is 0 Å². The highest BCUT2D eigenvalue weighted by Gasteiger charge is 2.28. The standard InChI is InChI=1S/C24H38N4O2/c1-4-20-9-5-6-10-22(20)26-23(29)17-27-12-14-28(15-13-27)24(30)16-25-21-11-7-8-18(2)19(21)3/h5-6,9-10,18-19,21,25H,4,7-8,11-17H2,1-3H3,(H,26,29). The first-order valence-corrected chi connectivity index (χ1v) is 11.6. The highest BCUT2D eigenvalue weighted by Crippen LogP contribution is 2.29. The van der Waals surface area contributed by atoms with Crippen LogP contribution in [-0.2, 0) is 16.0 Å². The Labute approximate surface area is 181 Å². The average Bonchev–Trinajstić information content (AvgIpc) is 2.75. The monoisotopic (exact) mass is 414 g/mol. The van der Waals surface area contributed by atoms with Crippen LogP contribution < -0.4 is 10.6 Å². The summed E-state index contributed by atoms with van der Waals surface area (Å²) in [5.74, 6) is 1.55. The molecule has 6 heteroatoms. The van der Waals surface area contributed by atoms with Crippen LogP contribution in [0.2, 0.25) is 0 Å². The Morgan fingerprint density at radius 3 is 2.53 bits per heavy atom. The lowest BCUT2D eigenvalue weighted by Crippen LogP contribution is -2.53. The van der Waals surface area contributed by atoms with Gasteiger partial charge in [-0.2, -0.15) is 0 Å². The molecule has 1 heterocycles. The quantitative estimate of drug-likeness (QED) is 0.720. The van der Waals surface area contributed by atoms with Crippen LogP contribution in [0, 0.1) is 11.8 Å². The van der Waals surface area contributed by atoms with Crippen molar-refractivity contribution < 1.29 is 9.59 Å². The molecule has 0 aromatic heterocycles. The Hall–Kier alpha value is -1.92. The number of nitrogens with one attached hydrogen (secondary N) is 2. The lowest BCUT2D eigenvalue weighted by atomic mass is 9.78. The van der Waals surface area contributed by atoms with Crippen molar-refractivity contribution in [3.8, 4) is 0 Å². The van der Waals surface area contributed by atoms with Gasteiger partial charge in [0, 0.05) is 37.9 Å². The number of hydrogen-bond donors (Lipinski definition) is 2. The Balaban J connectivity index is 1.39. The van der Waals surface area contributed by atoms with E-state index in [4.69, 9.17) is 0 Å². The molecule has 2 fully saturated rings. The second kappa shape index (κ2) is 10.9. The van der Waals surface area contributed by atoms with E-state index in [0.717, 1.165) is 36.7 Å². The van der Waals surface area contributed by atoms with Gasteiger partial charge in [0.2, 0.25) is 11.8 Å². The fourth-order valence-corrected chi connectivity index (χ4v) is 4.70. The van der Waals surface area contributed by atoms with E-state index in [9.17, 15) is 9.59 Å². The lowest BCUT2D eigenvalue weighted by Gasteiger charge is -2.37. The molecule has 1 saturated heterocycles. The molecular formula is C24H38N4O2.